The van der Waals surface area contributed by atoms with E-state index in [9.17, 15) is 4.79 Å². The highest BCUT2D eigenvalue weighted by Crippen LogP contribution is 2.18. The van der Waals surface area contributed by atoms with Crippen molar-refractivity contribution >= 4 is 5.78 Å². The Kier molecular flexibility index (Phi) is 3.47. The molecular weight excluding hydrogens is 224 g/mol. The molecule has 18 heavy (non-hydrogen) atoms. The molecule has 0 N–H and O–H groups in total. The van der Waals surface area contributed by atoms with Gasteiger partial charge >= 0.3 is 0 Å². The van der Waals surface area contributed by atoms with Gasteiger partial charge in [0.25, 0.3) is 0 Å². The average molecular weight is 240 g/mol. The lowest BCUT2D eigenvalue weighted by molar-refractivity contribution is 0.103. The Labute approximate surface area is 107 Å². The zero-order valence-corrected chi connectivity index (χ0v) is 10.9. The van der Waals surface area contributed by atoms with E-state index in [-0.39, 0.29) is 5.78 Å². The minimum Gasteiger partial charge on any atom is -0.497 e. The van der Waals surface area contributed by atoms with Crippen LogP contribution in [0.2, 0.25) is 0 Å². The number of ether oxygens (including phenoxy) is 1. The maximum atomic E-state index is 12.4. The van der Waals surface area contributed by atoms with E-state index >= 15 is 0 Å². The number of benzene rings is 2. The fraction of sp³-hybridized carbons (Fsp3) is 0.188. The second-order valence-electron chi connectivity index (χ2n) is 4.44. The molecule has 0 amide bonds. The van der Waals surface area contributed by atoms with Crippen LogP contribution in [0.1, 0.15) is 27.0 Å². The van der Waals surface area contributed by atoms with Crippen LogP contribution in [0.3, 0.4) is 0 Å². The topological polar surface area (TPSA) is 26.3 Å². The summed E-state index contributed by atoms with van der Waals surface area (Å²) < 4.78 is 5.14. The smallest absolute Gasteiger partial charge is 0.193 e. The first-order valence-corrected chi connectivity index (χ1v) is 5.87. The Hall–Kier alpha value is -2.09. The lowest BCUT2D eigenvalue weighted by atomic mass is 9.99. The molecular formula is C16H16O2. The van der Waals surface area contributed by atoms with Gasteiger partial charge in [-0.1, -0.05) is 29.3 Å². The molecule has 2 nitrogen and oxygen atoms in total. The lowest BCUT2D eigenvalue weighted by Gasteiger charge is -2.06. The molecule has 2 aromatic rings. The van der Waals surface area contributed by atoms with E-state index in [1.54, 1.807) is 13.2 Å². The van der Waals surface area contributed by atoms with Crippen molar-refractivity contribution < 1.29 is 9.53 Å². The summed E-state index contributed by atoms with van der Waals surface area (Å²) in [5.41, 5.74) is 3.57. The van der Waals surface area contributed by atoms with Gasteiger partial charge in [0.05, 0.1) is 7.11 Å². The van der Waals surface area contributed by atoms with E-state index in [0.29, 0.717) is 11.3 Å². The van der Waals surface area contributed by atoms with Crippen LogP contribution >= 0.6 is 0 Å². The number of hydrogen-bond acceptors (Lipinski definition) is 2. The largest absolute Gasteiger partial charge is 0.497 e. The molecule has 0 radical (unpaired) electrons. The SMILES string of the molecule is COc1cccc(C(=O)c2cc(C)cc(C)c2)c1. The van der Waals surface area contributed by atoms with Gasteiger partial charge in [-0.3, -0.25) is 4.79 Å². The van der Waals surface area contributed by atoms with E-state index in [1.807, 2.05) is 44.2 Å². The zero-order chi connectivity index (χ0) is 13.1. The van der Waals surface area contributed by atoms with Gasteiger partial charge in [-0.25, -0.2) is 0 Å². The molecule has 2 aromatic carbocycles. The molecule has 0 aliphatic heterocycles. The first kappa shape index (κ1) is 12.4. The van der Waals surface area contributed by atoms with Gasteiger partial charge in [0.15, 0.2) is 5.78 Å². The van der Waals surface area contributed by atoms with E-state index in [2.05, 4.69) is 6.07 Å². The van der Waals surface area contributed by atoms with Crippen LogP contribution in [0.15, 0.2) is 42.5 Å². The second-order valence-corrected chi connectivity index (χ2v) is 4.44. The third-order valence-electron chi connectivity index (χ3n) is 2.82. The molecule has 0 bridgehead atoms. The van der Waals surface area contributed by atoms with Gasteiger partial charge in [-0.2, -0.15) is 0 Å². The van der Waals surface area contributed by atoms with Gasteiger partial charge in [-0.05, 0) is 38.1 Å². The molecule has 2 rings (SSSR count). The number of ketones is 1. The van der Waals surface area contributed by atoms with Crippen molar-refractivity contribution in [2.45, 2.75) is 13.8 Å². The first-order valence-electron chi connectivity index (χ1n) is 5.87. The summed E-state index contributed by atoms with van der Waals surface area (Å²) in [5, 5.41) is 0. The van der Waals surface area contributed by atoms with Crippen LogP contribution in [0.4, 0.5) is 0 Å². The lowest BCUT2D eigenvalue weighted by Crippen LogP contribution is -2.02. The van der Waals surface area contributed by atoms with E-state index in [4.69, 9.17) is 4.74 Å². The first-order chi connectivity index (χ1) is 8.60. The highest BCUT2D eigenvalue weighted by atomic mass is 16.5. The van der Waals surface area contributed by atoms with Crippen LogP contribution in [0.5, 0.6) is 5.75 Å². The van der Waals surface area contributed by atoms with Crippen molar-refractivity contribution in [2.24, 2.45) is 0 Å². The number of rotatable bonds is 3. The average Bonchev–Trinajstić information content (AvgIpc) is 2.37. The third kappa shape index (κ3) is 2.59. The van der Waals surface area contributed by atoms with Gasteiger partial charge in [0.2, 0.25) is 0 Å². The van der Waals surface area contributed by atoms with E-state index < -0.39 is 0 Å². The van der Waals surface area contributed by atoms with Crippen LogP contribution in [-0.2, 0) is 0 Å². The number of hydrogen-bond donors (Lipinski definition) is 0. The maximum Gasteiger partial charge on any atom is 0.193 e. The van der Waals surface area contributed by atoms with Crippen molar-refractivity contribution in [1.82, 2.24) is 0 Å². The summed E-state index contributed by atoms with van der Waals surface area (Å²) in [6, 6.07) is 13.1. The standard InChI is InChI=1S/C16H16O2/c1-11-7-12(2)9-14(8-11)16(17)13-5-4-6-15(10-13)18-3/h4-10H,1-3H3. The molecule has 0 heterocycles. The van der Waals surface area contributed by atoms with Crippen molar-refractivity contribution in [2.75, 3.05) is 7.11 Å². The summed E-state index contributed by atoms with van der Waals surface area (Å²) in [5.74, 6) is 0.728. The Morgan fingerprint density at radius 2 is 1.61 bits per heavy atom. The highest BCUT2D eigenvalue weighted by molar-refractivity contribution is 6.09. The summed E-state index contributed by atoms with van der Waals surface area (Å²) in [6.07, 6.45) is 0. The van der Waals surface area contributed by atoms with Crippen molar-refractivity contribution in [3.63, 3.8) is 0 Å². The second kappa shape index (κ2) is 5.05. The Balaban J connectivity index is 2.41. The molecule has 0 fully saturated rings. The van der Waals surface area contributed by atoms with Crippen LogP contribution < -0.4 is 4.74 Å². The van der Waals surface area contributed by atoms with Crippen molar-refractivity contribution in [3.05, 3.63) is 64.7 Å². The summed E-state index contributed by atoms with van der Waals surface area (Å²) in [7, 11) is 1.60. The van der Waals surface area contributed by atoms with Gasteiger partial charge in [0, 0.05) is 11.1 Å². The number of carbonyl (C=O) groups excluding carboxylic acids is 1. The molecule has 0 saturated carbocycles. The summed E-state index contributed by atoms with van der Waals surface area (Å²) in [6.45, 7) is 3.99. The maximum absolute atomic E-state index is 12.4. The monoisotopic (exact) mass is 240 g/mol. The fourth-order valence-electron chi connectivity index (χ4n) is 2.04. The number of aryl methyl sites for hydroxylation is 2. The molecule has 0 spiro atoms. The number of carbonyl (C=O) groups is 1. The Bertz CT molecular complexity index is 565. The van der Waals surface area contributed by atoms with Crippen LogP contribution in [0, 0.1) is 13.8 Å². The van der Waals surface area contributed by atoms with Crippen LogP contribution in [-0.4, -0.2) is 12.9 Å². The van der Waals surface area contributed by atoms with Gasteiger partial charge in [-0.15, -0.1) is 0 Å². The number of methoxy groups -OCH3 is 1. The summed E-state index contributed by atoms with van der Waals surface area (Å²) in [4.78, 5) is 12.4. The van der Waals surface area contributed by atoms with Gasteiger partial charge < -0.3 is 4.74 Å². The minimum atomic E-state index is 0.0284. The zero-order valence-electron chi connectivity index (χ0n) is 10.9. The molecule has 2 heteroatoms. The van der Waals surface area contributed by atoms with E-state index in [1.165, 1.54) is 0 Å². The quantitative estimate of drug-likeness (QED) is 0.767. The highest BCUT2D eigenvalue weighted by Gasteiger charge is 2.10. The molecule has 0 atom stereocenters. The van der Waals surface area contributed by atoms with Crippen molar-refractivity contribution in [3.8, 4) is 5.75 Å². The Morgan fingerprint density at radius 3 is 2.22 bits per heavy atom. The molecule has 0 unspecified atom stereocenters. The fourth-order valence-corrected chi connectivity index (χ4v) is 2.04. The Morgan fingerprint density at radius 1 is 0.944 bits per heavy atom. The summed E-state index contributed by atoms with van der Waals surface area (Å²) >= 11 is 0. The molecule has 0 aliphatic rings. The molecule has 0 aliphatic carbocycles. The predicted octanol–water partition coefficient (Wildman–Crippen LogP) is 3.54. The molecule has 0 saturated heterocycles. The molecule has 92 valence electrons. The van der Waals surface area contributed by atoms with Crippen molar-refractivity contribution in [1.29, 1.82) is 0 Å². The minimum absolute atomic E-state index is 0.0284. The van der Waals surface area contributed by atoms with Gasteiger partial charge in [0.1, 0.15) is 5.75 Å². The predicted molar refractivity (Wildman–Crippen MR) is 72.3 cm³/mol. The van der Waals surface area contributed by atoms with Crippen LogP contribution in [0.25, 0.3) is 0 Å². The molecule has 0 aromatic heterocycles. The third-order valence-corrected chi connectivity index (χ3v) is 2.82. The normalized spacial score (nSPS) is 10.2. The van der Waals surface area contributed by atoms with E-state index in [0.717, 1.165) is 16.7 Å².